The van der Waals surface area contributed by atoms with E-state index in [1.807, 2.05) is 42.5 Å². The second kappa shape index (κ2) is 4.26. The minimum atomic E-state index is -2.54. The lowest BCUT2D eigenvalue weighted by atomic mass is 10.1. The largest absolute Gasteiger partial charge is 0.319 e. The summed E-state index contributed by atoms with van der Waals surface area (Å²) in [6.45, 7) is -2.54. The number of rotatable bonds is 2. The molecule has 1 nitrogen and oxygen atoms in total. The molecule has 0 bridgehead atoms. The normalized spacial score (nSPS) is 11.3. The Hall–Kier alpha value is -2.16. The summed E-state index contributed by atoms with van der Waals surface area (Å²) in [5, 5.41) is 0.830. The van der Waals surface area contributed by atoms with Crippen LogP contribution in [0.3, 0.4) is 0 Å². The van der Waals surface area contributed by atoms with E-state index >= 15 is 0 Å². The van der Waals surface area contributed by atoms with Crippen molar-refractivity contribution in [1.29, 1.82) is 0 Å². The molecule has 1 heterocycles. The standard InChI is InChI=1S/C15H11F2N/c16-15(17)18-13-9-5-4-8-12(13)10-14(18)11-6-2-1-3-7-11/h1-10,15H. The molecular formula is C15H11F2N. The van der Waals surface area contributed by atoms with Gasteiger partial charge in [0.25, 0.3) is 0 Å². The Morgan fingerprint density at radius 1 is 0.833 bits per heavy atom. The predicted molar refractivity (Wildman–Crippen MR) is 68.6 cm³/mol. The second-order valence-corrected chi connectivity index (χ2v) is 4.10. The van der Waals surface area contributed by atoms with E-state index < -0.39 is 6.55 Å². The third kappa shape index (κ3) is 1.68. The van der Waals surface area contributed by atoms with Gasteiger partial charge in [0.1, 0.15) is 0 Å². The summed E-state index contributed by atoms with van der Waals surface area (Å²) in [6, 6.07) is 18.2. The third-order valence-corrected chi connectivity index (χ3v) is 3.01. The summed E-state index contributed by atoms with van der Waals surface area (Å²) in [5.74, 6) is 0. The number of halogens is 2. The van der Waals surface area contributed by atoms with Gasteiger partial charge in [-0.15, -0.1) is 0 Å². The minimum Gasteiger partial charge on any atom is -0.284 e. The summed E-state index contributed by atoms with van der Waals surface area (Å²) >= 11 is 0. The molecule has 2 aromatic carbocycles. The number of hydrogen-bond acceptors (Lipinski definition) is 0. The maximum atomic E-state index is 13.2. The highest BCUT2D eigenvalue weighted by Crippen LogP contribution is 2.32. The molecule has 0 atom stereocenters. The molecule has 3 aromatic rings. The number of nitrogens with zero attached hydrogens (tertiary/aromatic N) is 1. The van der Waals surface area contributed by atoms with Crippen molar-refractivity contribution in [2.45, 2.75) is 6.55 Å². The lowest BCUT2D eigenvalue weighted by Crippen LogP contribution is -1.99. The van der Waals surface area contributed by atoms with E-state index in [0.717, 1.165) is 15.5 Å². The quantitative estimate of drug-likeness (QED) is 0.614. The van der Waals surface area contributed by atoms with E-state index in [4.69, 9.17) is 0 Å². The van der Waals surface area contributed by atoms with Crippen LogP contribution in [0.1, 0.15) is 6.55 Å². The zero-order chi connectivity index (χ0) is 12.5. The van der Waals surface area contributed by atoms with E-state index in [1.165, 1.54) is 0 Å². The first-order chi connectivity index (χ1) is 8.77. The van der Waals surface area contributed by atoms with Crippen LogP contribution in [0.15, 0.2) is 60.7 Å². The van der Waals surface area contributed by atoms with Gasteiger partial charge in [0, 0.05) is 5.39 Å². The molecule has 0 aliphatic carbocycles. The monoisotopic (exact) mass is 243 g/mol. The lowest BCUT2D eigenvalue weighted by molar-refractivity contribution is 0.0769. The zero-order valence-electron chi connectivity index (χ0n) is 9.55. The molecule has 0 saturated carbocycles. The van der Waals surface area contributed by atoms with E-state index in [-0.39, 0.29) is 0 Å². The van der Waals surface area contributed by atoms with Crippen LogP contribution >= 0.6 is 0 Å². The summed E-state index contributed by atoms with van der Waals surface area (Å²) < 4.78 is 27.6. The summed E-state index contributed by atoms with van der Waals surface area (Å²) in [6.07, 6.45) is 0. The lowest BCUT2D eigenvalue weighted by Gasteiger charge is -2.09. The SMILES string of the molecule is FC(F)n1c(-c2ccccc2)cc2ccccc21. The average Bonchev–Trinajstić information content (AvgIpc) is 2.79. The maximum Gasteiger partial charge on any atom is 0.319 e. The number of para-hydroxylation sites is 1. The van der Waals surface area contributed by atoms with E-state index in [2.05, 4.69) is 0 Å². The molecule has 0 radical (unpaired) electrons. The fourth-order valence-corrected chi connectivity index (χ4v) is 2.22. The van der Waals surface area contributed by atoms with Crippen molar-refractivity contribution < 1.29 is 8.78 Å². The van der Waals surface area contributed by atoms with Gasteiger partial charge in [0.15, 0.2) is 0 Å². The van der Waals surface area contributed by atoms with Gasteiger partial charge >= 0.3 is 6.55 Å². The third-order valence-electron chi connectivity index (χ3n) is 3.01. The van der Waals surface area contributed by atoms with Gasteiger partial charge in [-0.25, -0.2) is 0 Å². The molecule has 0 fully saturated rings. The summed E-state index contributed by atoms with van der Waals surface area (Å²) in [7, 11) is 0. The van der Waals surface area contributed by atoms with Crippen LogP contribution in [-0.2, 0) is 0 Å². The first kappa shape index (κ1) is 11.0. The number of hydrogen-bond donors (Lipinski definition) is 0. The van der Waals surface area contributed by atoms with Crippen LogP contribution < -0.4 is 0 Å². The summed E-state index contributed by atoms with van der Waals surface area (Å²) in [4.78, 5) is 0. The Morgan fingerprint density at radius 2 is 1.50 bits per heavy atom. The van der Waals surface area contributed by atoms with Crippen molar-refractivity contribution in [3.05, 3.63) is 60.7 Å². The highest BCUT2D eigenvalue weighted by molar-refractivity contribution is 5.87. The molecule has 1 aromatic heterocycles. The molecule has 3 rings (SSSR count). The molecule has 90 valence electrons. The number of alkyl halides is 2. The summed E-state index contributed by atoms with van der Waals surface area (Å²) in [5.41, 5.74) is 1.91. The van der Waals surface area contributed by atoms with Gasteiger partial charge in [0.05, 0.1) is 11.2 Å². The van der Waals surface area contributed by atoms with E-state index in [0.29, 0.717) is 11.2 Å². The molecule has 0 aliphatic rings. The van der Waals surface area contributed by atoms with Gasteiger partial charge in [-0.2, -0.15) is 8.78 Å². The molecule has 0 spiro atoms. The van der Waals surface area contributed by atoms with Crippen molar-refractivity contribution >= 4 is 10.9 Å². The average molecular weight is 243 g/mol. The van der Waals surface area contributed by atoms with Crippen LogP contribution in [0.25, 0.3) is 22.2 Å². The van der Waals surface area contributed by atoms with Crippen LogP contribution in [-0.4, -0.2) is 4.57 Å². The van der Waals surface area contributed by atoms with E-state index in [1.54, 1.807) is 18.2 Å². The van der Waals surface area contributed by atoms with Gasteiger partial charge in [-0.1, -0.05) is 48.5 Å². The number of aromatic nitrogens is 1. The van der Waals surface area contributed by atoms with Crippen molar-refractivity contribution in [2.24, 2.45) is 0 Å². The molecule has 0 N–H and O–H groups in total. The van der Waals surface area contributed by atoms with Crippen LogP contribution in [0.2, 0.25) is 0 Å². The van der Waals surface area contributed by atoms with Crippen molar-refractivity contribution in [2.75, 3.05) is 0 Å². The van der Waals surface area contributed by atoms with Crippen LogP contribution in [0, 0.1) is 0 Å². The molecule has 0 aliphatic heterocycles. The highest BCUT2D eigenvalue weighted by atomic mass is 19.3. The van der Waals surface area contributed by atoms with Crippen molar-refractivity contribution in [3.63, 3.8) is 0 Å². The van der Waals surface area contributed by atoms with Crippen molar-refractivity contribution in [1.82, 2.24) is 4.57 Å². The first-order valence-electron chi connectivity index (χ1n) is 5.71. The van der Waals surface area contributed by atoms with Gasteiger partial charge in [-0.05, 0) is 17.7 Å². The van der Waals surface area contributed by atoms with Gasteiger partial charge in [-0.3, -0.25) is 4.57 Å². The molecule has 0 unspecified atom stereocenters. The predicted octanol–water partition coefficient (Wildman–Crippen LogP) is 4.70. The van der Waals surface area contributed by atoms with E-state index in [9.17, 15) is 8.78 Å². The van der Waals surface area contributed by atoms with Crippen molar-refractivity contribution in [3.8, 4) is 11.3 Å². The molecular weight excluding hydrogens is 232 g/mol. The zero-order valence-corrected chi connectivity index (χ0v) is 9.55. The minimum absolute atomic E-state index is 0.548. The molecule has 0 amide bonds. The second-order valence-electron chi connectivity index (χ2n) is 4.10. The Bertz CT molecular complexity index is 671. The van der Waals surface area contributed by atoms with Crippen LogP contribution in [0.4, 0.5) is 8.78 Å². The molecule has 3 heteroatoms. The van der Waals surface area contributed by atoms with Crippen LogP contribution in [0.5, 0.6) is 0 Å². The number of fused-ring (bicyclic) bond motifs is 1. The fourth-order valence-electron chi connectivity index (χ4n) is 2.22. The smallest absolute Gasteiger partial charge is 0.284 e. The fraction of sp³-hybridized carbons (Fsp3) is 0.0667. The Kier molecular flexibility index (Phi) is 2.59. The van der Waals surface area contributed by atoms with Gasteiger partial charge < -0.3 is 0 Å². The maximum absolute atomic E-state index is 13.2. The molecule has 18 heavy (non-hydrogen) atoms. The Balaban J connectivity index is 2.32. The topological polar surface area (TPSA) is 4.93 Å². The van der Waals surface area contributed by atoms with Gasteiger partial charge in [0.2, 0.25) is 0 Å². The Morgan fingerprint density at radius 3 is 2.22 bits per heavy atom. The first-order valence-corrected chi connectivity index (χ1v) is 5.71. The Labute approximate surface area is 103 Å². The number of benzene rings is 2. The highest BCUT2D eigenvalue weighted by Gasteiger charge is 2.16. The molecule has 0 saturated heterocycles.